The summed E-state index contributed by atoms with van der Waals surface area (Å²) < 4.78 is 0. The van der Waals surface area contributed by atoms with Crippen LogP contribution in [0.3, 0.4) is 0 Å². The molecule has 0 rings (SSSR count). The number of primary amides is 1. The van der Waals surface area contributed by atoms with Crippen LogP contribution in [0, 0.1) is 0 Å². The molecule has 0 saturated carbocycles. The smallest absolute Gasteiger partial charge is 0.336 e. The van der Waals surface area contributed by atoms with Gasteiger partial charge in [0.05, 0.1) is 12.8 Å². The summed E-state index contributed by atoms with van der Waals surface area (Å²) in [6.45, 7) is 0. The van der Waals surface area contributed by atoms with Crippen LogP contribution in [-0.2, 0) is 19.2 Å². The fourth-order valence-corrected chi connectivity index (χ4v) is 0.714. The first-order chi connectivity index (χ1) is 7.19. The van der Waals surface area contributed by atoms with Gasteiger partial charge >= 0.3 is 17.9 Å². The lowest BCUT2D eigenvalue weighted by Crippen LogP contribution is -2.42. The molecule has 0 bridgehead atoms. The fraction of sp³-hybridized carbons (Fsp3) is 0.429. The molecule has 0 aliphatic carbocycles. The predicted molar refractivity (Wildman–Crippen MR) is 47.3 cm³/mol. The minimum absolute atomic E-state index is 0.250. The largest absolute Gasteiger partial charge is 0.481 e. The molecule has 0 aromatic carbocycles. The van der Waals surface area contributed by atoms with E-state index in [1.165, 1.54) is 0 Å². The third kappa shape index (κ3) is 7.26. The SMILES string of the molecule is NC=O.O=C(O)CC(O)(CC(=O)O)C(=O)O. The van der Waals surface area contributed by atoms with Crippen molar-refractivity contribution in [3.63, 3.8) is 0 Å². The maximum atomic E-state index is 10.3. The molecule has 9 nitrogen and oxygen atoms in total. The van der Waals surface area contributed by atoms with E-state index in [4.69, 9.17) is 25.2 Å². The van der Waals surface area contributed by atoms with Gasteiger partial charge in [-0.15, -0.1) is 0 Å². The molecule has 0 unspecified atom stereocenters. The number of carboxylic acid groups (broad SMARTS) is 3. The summed E-state index contributed by atoms with van der Waals surface area (Å²) in [6.07, 6.45) is -2.04. The van der Waals surface area contributed by atoms with Crippen molar-refractivity contribution in [2.24, 2.45) is 5.73 Å². The van der Waals surface area contributed by atoms with Crippen molar-refractivity contribution in [1.29, 1.82) is 0 Å². The van der Waals surface area contributed by atoms with Crippen molar-refractivity contribution in [1.82, 2.24) is 0 Å². The molecule has 0 radical (unpaired) electrons. The molecule has 6 N–H and O–H groups in total. The van der Waals surface area contributed by atoms with Gasteiger partial charge in [0.25, 0.3) is 0 Å². The summed E-state index contributed by atoms with van der Waals surface area (Å²) in [5.41, 5.74) is 1.43. The number of nitrogens with two attached hydrogens (primary N) is 1. The Balaban J connectivity index is 0. The van der Waals surface area contributed by atoms with E-state index in [0.29, 0.717) is 0 Å². The van der Waals surface area contributed by atoms with E-state index in [9.17, 15) is 14.4 Å². The first-order valence-corrected chi connectivity index (χ1v) is 3.74. The summed E-state index contributed by atoms with van der Waals surface area (Å²) in [5, 5.41) is 33.8. The molecule has 0 spiro atoms. The maximum Gasteiger partial charge on any atom is 0.336 e. The van der Waals surface area contributed by atoms with Crippen LogP contribution in [0.15, 0.2) is 0 Å². The monoisotopic (exact) mass is 237 g/mol. The van der Waals surface area contributed by atoms with E-state index in [1.54, 1.807) is 0 Å². The fourth-order valence-electron chi connectivity index (χ4n) is 0.714. The van der Waals surface area contributed by atoms with Crippen LogP contribution in [0.25, 0.3) is 0 Å². The Bertz CT molecular complexity index is 270. The minimum Gasteiger partial charge on any atom is -0.481 e. The molecular formula is C7H11NO8. The number of aliphatic hydroxyl groups is 1. The maximum absolute atomic E-state index is 10.3. The molecule has 0 aromatic heterocycles. The standard InChI is InChI=1S/C6H8O7.CH3NO/c7-3(8)1-6(13,5(11)12)2-4(9)10;2-1-3/h13H,1-2H2,(H,7,8)(H,9,10)(H,11,12);1H,(H2,2,3). The highest BCUT2D eigenvalue weighted by atomic mass is 16.4. The van der Waals surface area contributed by atoms with Crippen LogP contribution >= 0.6 is 0 Å². The molecule has 0 aromatic rings. The van der Waals surface area contributed by atoms with Gasteiger partial charge in [-0.2, -0.15) is 0 Å². The summed E-state index contributed by atoms with van der Waals surface area (Å²) in [6, 6.07) is 0. The van der Waals surface area contributed by atoms with Crippen molar-refractivity contribution in [3.05, 3.63) is 0 Å². The van der Waals surface area contributed by atoms with E-state index in [1.807, 2.05) is 0 Å². The van der Waals surface area contributed by atoms with E-state index in [2.05, 4.69) is 5.73 Å². The Kier molecular flexibility index (Phi) is 7.30. The average Bonchev–Trinajstić information content (AvgIpc) is 2.01. The number of carbonyl (C=O) groups is 4. The van der Waals surface area contributed by atoms with Crippen LogP contribution in [0.2, 0.25) is 0 Å². The lowest BCUT2D eigenvalue weighted by atomic mass is 9.96. The minimum atomic E-state index is -2.74. The summed E-state index contributed by atoms with van der Waals surface area (Å²) >= 11 is 0. The van der Waals surface area contributed by atoms with Gasteiger partial charge in [-0.25, -0.2) is 4.79 Å². The number of amides is 1. The normalized spacial score (nSPS) is 9.56. The first-order valence-electron chi connectivity index (χ1n) is 3.74. The van der Waals surface area contributed by atoms with E-state index < -0.39 is 36.4 Å². The molecular weight excluding hydrogens is 226 g/mol. The lowest BCUT2D eigenvalue weighted by molar-refractivity contribution is -0.170. The lowest BCUT2D eigenvalue weighted by Gasteiger charge is -2.18. The zero-order valence-corrected chi connectivity index (χ0v) is 7.99. The Hall–Kier alpha value is -2.16. The predicted octanol–water partition coefficient (Wildman–Crippen LogP) is -2.15. The van der Waals surface area contributed by atoms with Crippen LogP contribution in [0.1, 0.15) is 12.8 Å². The number of hydrogen-bond donors (Lipinski definition) is 5. The van der Waals surface area contributed by atoms with Gasteiger partial charge in [0.2, 0.25) is 6.41 Å². The van der Waals surface area contributed by atoms with Crippen LogP contribution in [0.4, 0.5) is 0 Å². The van der Waals surface area contributed by atoms with E-state index >= 15 is 0 Å². The van der Waals surface area contributed by atoms with E-state index in [0.717, 1.165) is 0 Å². The number of hydrogen-bond acceptors (Lipinski definition) is 5. The molecule has 0 aliphatic rings. The highest BCUT2D eigenvalue weighted by Gasteiger charge is 2.40. The Morgan fingerprint density at radius 2 is 1.31 bits per heavy atom. The van der Waals surface area contributed by atoms with E-state index in [-0.39, 0.29) is 6.41 Å². The topological polar surface area (TPSA) is 175 Å². The van der Waals surface area contributed by atoms with Gasteiger partial charge < -0.3 is 26.2 Å². The van der Waals surface area contributed by atoms with Crippen molar-refractivity contribution in [3.8, 4) is 0 Å². The van der Waals surface area contributed by atoms with Crippen molar-refractivity contribution < 1.29 is 39.6 Å². The summed E-state index contributed by atoms with van der Waals surface area (Å²) in [4.78, 5) is 39.1. The molecule has 0 saturated heterocycles. The van der Waals surface area contributed by atoms with Crippen molar-refractivity contribution in [2.75, 3.05) is 0 Å². The van der Waals surface area contributed by atoms with Crippen LogP contribution < -0.4 is 5.73 Å². The van der Waals surface area contributed by atoms with Crippen molar-refractivity contribution in [2.45, 2.75) is 18.4 Å². The Labute approximate surface area is 89.1 Å². The molecule has 9 heteroatoms. The second kappa shape index (κ2) is 7.17. The first kappa shape index (κ1) is 16.3. The van der Waals surface area contributed by atoms with Gasteiger partial charge in [0.15, 0.2) is 5.60 Å². The number of carboxylic acids is 3. The van der Waals surface area contributed by atoms with Crippen molar-refractivity contribution >= 4 is 24.3 Å². The zero-order chi connectivity index (χ0) is 13.4. The molecule has 0 fully saturated rings. The molecule has 1 amide bonds. The summed E-state index contributed by atoms with van der Waals surface area (Å²) in [5.74, 6) is -5.02. The third-order valence-electron chi connectivity index (χ3n) is 1.29. The van der Waals surface area contributed by atoms with Gasteiger partial charge in [0.1, 0.15) is 0 Å². The number of carbonyl (C=O) groups excluding carboxylic acids is 1. The van der Waals surface area contributed by atoms with Gasteiger partial charge in [-0.1, -0.05) is 0 Å². The van der Waals surface area contributed by atoms with Crippen LogP contribution in [-0.4, -0.2) is 50.3 Å². The second-order valence-corrected chi connectivity index (χ2v) is 2.61. The van der Waals surface area contributed by atoms with Gasteiger partial charge in [0, 0.05) is 0 Å². The molecule has 16 heavy (non-hydrogen) atoms. The Morgan fingerprint density at radius 3 is 1.44 bits per heavy atom. The molecule has 0 heterocycles. The quantitative estimate of drug-likeness (QED) is 0.336. The third-order valence-corrected chi connectivity index (χ3v) is 1.29. The zero-order valence-electron chi connectivity index (χ0n) is 7.99. The highest BCUT2D eigenvalue weighted by molar-refractivity contribution is 5.88. The van der Waals surface area contributed by atoms with Gasteiger partial charge in [-0.3, -0.25) is 14.4 Å². The molecule has 0 atom stereocenters. The second-order valence-electron chi connectivity index (χ2n) is 2.61. The average molecular weight is 237 g/mol. The van der Waals surface area contributed by atoms with Crippen LogP contribution in [0.5, 0.6) is 0 Å². The molecule has 92 valence electrons. The summed E-state index contributed by atoms with van der Waals surface area (Å²) in [7, 11) is 0. The highest BCUT2D eigenvalue weighted by Crippen LogP contribution is 2.15. The molecule has 0 aliphatic heterocycles. The van der Waals surface area contributed by atoms with Gasteiger partial charge in [-0.05, 0) is 0 Å². The number of rotatable bonds is 5. The number of aliphatic carboxylic acids is 3. The Morgan fingerprint density at radius 1 is 1.06 bits per heavy atom.